The third-order valence-electron chi connectivity index (χ3n) is 5.23. The number of carbonyl (C=O) groups excluding carboxylic acids is 2. The molecule has 0 atom stereocenters. The molecule has 2 aromatic carbocycles. The van der Waals surface area contributed by atoms with Crippen molar-refractivity contribution in [2.24, 2.45) is 0 Å². The van der Waals surface area contributed by atoms with Crippen molar-refractivity contribution in [3.8, 4) is 5.75 Å². The van der Waals surface area contributed by atoms with E-state index >= 15 is 0 Å². The monoisotopic (exact) mass is 483 g/mol. The van der Waals surface area contributed by atoms with Crippen LogP contribution in [0.2, 0.25) is 0 Å². The van der Waals surface area contributed by atoms with Gasteiger partial charge in [-0.3, -0.25) is 9.59 Å². The lowest BCUT2D eigenvalue weighted by Gasteiger charge is -2.36. The number of halogens is 5. The van der Waals surface area contributed by atoms with Crippen LogP contribution in [0.5, 0.6) is 5.75 Å². The second-order valence-electron chi connectivity index (χ2n) is 7.69. The van der Waals surface area contributed by atoms with Crippen LogP contribution in [0, 0.1) is 11.6 Å². The van der Waals surface area contributed by atoms with Gasteiger partial charge in [-0.1, -0.05) is 18.2 Å². The molecule has 11 heteroatoms. The topological polar surface area (TPSA) is 79.5 Å². The summed E-state index contributed by atoms with van der Waals surface area (Å²) in [5.74, 6) is -3.13. The van der Waals surface area contributed by atoms with E-state index in [1.807, 2.05) is 0 Å². The van der Waals surface area contributed by atoms with Crippen molar-refractivity contribution in [3.05, 3.63) is 71.3 Å². The third kappa shape index (κ3) is 7.01. The Balaban J connectivity index is 1.67. The third-order valence-corrected chi connectivity index (χ3v) is 5.23. The fraction of sp³-hybridized carbons (Fsp3) is 0.304. The van der Waals surface area contributed by atoms with Gasteiger partial charge in [0.15, 0.2) is 0 Å². The number of hydrogen-bond donors (Lipinski definition) is 3. The van der Waals surface area contributed by atoms with Crippen LogP contribution < -0.4 is 20.7 Å². The molecule has 182 valence electrons. The molecule has 0 radical (unpaired) electrons. The molecule has 0 unspecified atom stereocenters. The lowest BCUT2D eigenvalue weighted by Crippen LogP contribution is -2.62. The van der Waals surface area contributed by atoms with Crippen molar-refractivity contribution < 1.29 is 36.3 Å². The fourth-order valence-corrected chi connectivity index (χ4v) is 3.54. The zero-order chi connectivity index (χ0) is 24.8. The summed E-state index contributed by atoms with van der Waals surface area (Å²) in [5, 5.41) is 8.34. The molecule has 34 heavy (non-hydrogen) atoms. The Morgan fingerprint density at radius 2 is 1.82 bits per heavy atom. The zero-order valence-electron chi connectivity index (χ0n) is 17.8. The Morgan fingerprint density at radius 1 is 1.09 bits per heavy atom. The number of nitrogens with one attached hydrogen (secondary N) is 3. The summed E-state index contributed by atoms with van der Waals surface area (Å²) in [6, 6.07) is 8.07. The number of amides is 2. The normalized spacial score (nSPS) is 15.7. The summed E-state index contributed by atoms with van der Waals surface area (Å²) < 4.78 is 68.0. The minimum Gasteiger partial charge on any atom is -0.406 e. The zero-order valence-corrected chi connectivity index (χ0v) is 17.8. The highest BCUT2D eigenvalue weighted by Gasteiger charge is 2.40. The first kappa shape index (κ1) is 25.2. The Morgan fingerprint density at radius 3 is 2.50 bits per heavy atom. The molecule has 0 spiro atoms. The van der Waals surface area contributed by atoms with Crippen molar-refractivity contribution >= 4 is 17.9 Å². The molecule has 3 N–H and O–H groups in total. The molecule has 1 aliphatic heterocycles. The summed E-state index contributed by atoms with van der Waals surface area (Å²) in [5.41, 5.74) is -0.900. The smallest absolute Gasteiger partial charge is 0.406 e. The molecular formula is C23H22F5N3O3. The number of hydrogen-bond acceptors (Lipinski definition) is 4. The van der Waals surface area contributed by atoms with Crippen molar-refractivity contribution in [2.45, 2.75) is 31.3 Å². The van der Waals surface area contributed by atoms with Crippen LogP contribution in [0.25, 0.3) is 6.08 Å². The minimum absolute atomic E-state index is 0.0889. The molecule has 2 aromatic rings. The molecule has 3 rings (SSSR count). The highest BCUT2D eigenvalue weighted by atomic mass is 19.4. The van der Waals surface area contributed by atoms with Crippen LogP contribution in [0.15, 0.2) is 48.5 Å². The van der Waals surface area contributed by atoms with E-state index in [2.05, 4.69) is 20.7 Å². The molecule has 1 aliphatic rings. The predicted molar refractivity (Wildman–Crippen MR) is 113 cm³/mol. The van der Waals surface area contributed by atoms with E-state index in [-0.39, 0.29) is 30.5 Å². The van der Waals surface area contributed by atoms with Crippen LogP contribution >= 0.6 is 0 Å². The number of carbonyl (C=O) groups is 2. The summed E-state index contributed by atoms with van der Waals surface area (Å²) in [4.78, 5) is 25.5. The Hall–Kier alpha value is -3.47. The summed E-state index contributed by atoms with van der Waals surface area (Å²) >= 11 is 0. The van der Waals surface area contributed by atoms with Crippen molar-refractivity contribution in [1.29, 1.82) is 0 Å². The first-order valence-corrected chi connectivity index (χ1v) is 10.4. The molecule has 1 fully saturated rings. The lowest BCUT2D eigenvalue weighted by molar-refractivity contribution is -0.274. The largest absolute Gasteiger partial charge is 0.573 e. The van der Waals surface area contributed by atoms with Gasteiger partial charge in [0.2, 0.25) is 11.8 Å². The molecule has 0 aromatic heterocycles. The quantitative estimate of drug-likeness (QED) is 0.417. The lowest BCUT2D eigenvalue weighted by atomic mass is 9.87. The van der Waals surface area contributed by atoms with Crippen LogP contribution in [-0.4, -0.2) is 36.8 Å². The van der Waals surface area contributed by atoms with Crippen LogP contribution in [-0.2, 0) is 16.1 Å². The predicted octanol–water partition coefficient (Wildman–Crippen LogP) is 3.43. The highest BCUT2D eigenvalue weighted by Crippen LogP contribution is 2.24. The van der Waals surface area contributed by atoms with Crippen LogP contribution in [0.3, 0.4) is 0 Å². The van der Waals surface area contributed by atoms with Crippen LogP contribution in [0.1, 0.15) is 24.0 Å². The van der Waals surface area contributed by atoms with E-state index < -0.39 is 41.1 Å². The van der Waals surface area contributed by atoms with Gasteiger partial charge in [0.1, 0.15) is 22.9 Å². The number of rotatable bonds is 7. The van der Waals surface area contributed by atoms with E-state index in [4.69, 9.17) is 0 Å². The van der Waals surface area contributed by atoms with Gasteiger partial charge in [-0.2, -0.15) is 0 Å². The highest BCUT2D eigenvalue weighted by molar-refractivity contribution is 5.97. The molecule has 0 aliphatic carbocycles. The number of benzene rings is 2. The van der Waals surface area contributed by atoms with Gasteiger partial charge in [0.05, 0.1) is 0 Å². The Labute approximate surface area is 192 Å². The van der Waals surface area contributed by atoms with Crippen molar-refractivity contribution in [3.63, 3.8) is 0 Å². The minimum atomic E-state index is -4.84. The summed E-state index contributed by atoms with van der Waals surface area (Å²) in [7, 11) is 0. The summed E-state index contributed by atoms with van der Waals surface area (Å²) in [6.07, 6.45) is -1.92. The maximum atomic E-state index is 13.9. The van der Waals surface area contributed by atoms with Gasteiger partial charge in [-0.05, 0) is 55.8 Å². The Bertz CT molecular complexity index is 1070. The van der Waals surface area contributed by atoms with Gasteiger partial charge < -0.3 is 20.7 Å². The van der Waals surface area contributed by atoms with Gasteiger partial charge >= 0.3 is 6.36 Å². The van der Waals surface area contributed by atoms with Gasteiger partial charge in [-0.25, -0.2) is 8.78 Å². The van der Waals surface area contributed by atoms with Crippen LogP contribution in [0.4, 0.5) is 22.0 Å². The van der Waals surface area contributed by atoms with Gasteiger partial charge in [0.25, 0.3) is 0 Å². The average Bonchev–Trinajstić information content (AvgIpc) is 2.76. The maximum Gasteiger partial charge on any atom is 0.573 e. The second-order valence-corrected chi connectivity index (χ2v) is 7.69. The first-order valence-electron chi connectivity index (χ1n) is 10.4. The standard InChI is InChI=1S/C23H22F5N3O3/c24-17-6-5-16(19(25)13-17)14-30-21(33)22(8-10-29-11-9-22)31-20(32)7-4-15-2-1-3-18(12-15)34-23(26,27)28/h1-7,12-13,29H,8-11,14H2,(H,30,33)(H,31,32)/b7-4+. The molecule has 1 saturated heterocycles. The van der Waals surface area contributed by atoms with E-state index in [9.17, 15) is 31.5 Å². The molecule has 6 nitrogen and oxygen atoms in total. The fourth-order valence-electron chi connectivity index (χ4n) is 3.54. The van der Waals surface area contributed by atoms with Gasteiger partial charge in [0, 0.05) is 24.3 Å². The number of ether oxygens (including phenoxy) is 1. The number of alkyl halides is 3. The molecule has 2 amide bonds. The van der Waals surface area contributed by atoms with E-state index in [1.54, 1.807) is 0 Å². The van der Waals surface area contributed by atoms with Gasteiger partial charge in [-0.15, -0.1) is 13.2 Å². The first-order chi connectivity index (χ1) is 16.1. The maximum absolute atomic E-state index is 13.9. The SMILES string of the molecule is O=C(/C=C/c1cccc(OC(F)(F)F)c1)NC1(C(=O)NCc2ccc(F)cc2F)CCNCC1. The summed E-state index contributed by atoms with van der Waals surface area (Å²) in [6.45, 7) is 0.691. The van der Waals surface area contributed by atoms with E-state index in [1.165, 1.54) is 24.3 Å². The van der Waals surface area contributed by atoms with E-state index in [0.29, 0.717) is 19.2 Å². The molecule has 0 bridgehead atoms. The second kappa shape index (κ2) is 10.6. The number of piperidine rings is 1. The Kier molecular flexibility index (Phi) is 7.87. The average molecular weight is 483 g/mol. The van der Waals surface area contributed by atoms with Crippen molar-refractivity contribution in [1.82, 2.24) is 16.0 Å². The van der Waals surface area contributed by atoms with E-state index in [0.717, 1.165) is 24.3 Å². The molecule has 1 heterocycles. The molecule has 0 saturated carbocycles. The van der Waals surface area contributed by atoms with Crippen molar-refractivity contribution in [2.75, 3.05) is 13.1 Å². The molecular weight excluding hydrogens is 461 g/mol.